The predicted molar refractivity (Wildman–Crippen MR) is 87.3 cm³/mol. The number of hydrogen-bond acceptors (Lipinski definition) is 3. The standard InChI is InChI=1S/C18H16N2O2/c1-2-22-17-10-6-5-9-15(17)20-18(21)16-11-13-7-3-4-8-14(13)12-19-16/h3-12H,2H2,1H3,(H,20,21). The zero-order valence-electron chi connectivity index (χ0n) is 12.2. The van der Waals surface area contributed by atoms with Crippen LogP contribution in [0.3, 0.4) is 0 Å². The maximum absolute atomic E-state index is 12.4. The van der Waals surface area contributed by atoms with Crippen molar-refractivity contribution in [3.05, 3.63) is 66.5 Å². The molecule has 4 heteroatoms. The maximum atomic E-state index is 12.4. The summed E-state index contributed by atoms with van der Waals surface area (Å²) in [4.78, 5) is 16.6. The van der Waals surface area contributed by atoms with Gasteiger partial charge in [-0.1, -0.05) is 36.4 Å². The zero-order chi connectivity index (χ0) is 15.4. The molecule has 1 aromatic heterocycles. The topological polar surface area (TPSA) is 51.2 Å². The molecule has 1 heterocycles. The highest BCUT2D eigenvalue weighted by Gasteiger charge is 2.11. The molecule has 0 aliphatic carbocycles. The molecule has 3 rings (SSSR count). The van der Waals surface area contributed by atoms with Crippen LogP contribution in [-0.4, -0.2) is 17.5 Å². The van der Waals surface area contributed by atoms with Crippen molar-refractivity contribution >= 4 is 22.4 Å². The first-order valence-corrected chi connectivity index (χ1v) is 7.16. The van der Waals surface area contributed by atoms with E-state index in [1.807, 2.05) is 55.5 Å². The van der Waals surface area contributed by atoms with Crippen LogP contribution in [0.15, 0.2) is 60.8 Å². The lowest BCUT2D eigenvalue weighted by Crippen LogP contribution is -2.14. The van der Waals surface area contributed by atoms with Crippen molar-refractivity contribution < 1.29 is 9.53 Å². The van der Waals surface area contributed by atoms with E-state index in [4.69, 9.17) is 4.74 Å². The normalized spacial score (nSPS) is 10.4. The minimum absolute atomic E-state index is 0.252. The van der Waals surface area contributed by atoms with Crippen LogP contribution in [0.1, 0.15) is 17.4 Å². The number of carbonyl (C=O) groups excluding carboxylic acids is 1. The number of aromatic nitrogens is 1. The summed E-state index contributed by atoms with van der Waals surface area (Å²) < 4.78 is 5.51. The van der Waals surface area contributed by atoms with Crippen LogP contribution < -0.4 is 10.1 Å². The van der Waals surface area contributed by atoms with E-state index >= 15 is 0 Å². The molecule has 3 aromatic rings. The van der Waals surface area contributed by atoms with Gasteiger partial charge in [0.2, 0.25) is 0 Å². The third-order valence-electron chi connectivity index (χ3n) is 3.30. The smallest absolute Gasteiger partial charge is 0.274 e. The van der Waals surface area contributed by atoms with Crippen molar-refractivity contribution in [2.24, 2.45) is 0 Å². The Kier molecular flexibility index (Phi) is 4.01. The number of para-hydroxylation sites is 2. The quantitative estimate of drug-likeness (QED) is 0.793. The van der Waals surface area contributed by atoms with Gasteiger partial charge in [0, 0.05) is 11.6 Å². The van der Waals surface area contributed by atoms with Crippen LogP contribution in [0.25, 0.3) is 10.8 Å². The molecule has 110 valence electrons. The number of rotatable bonds is 4. The molecular formula is C18H16N2O2. The summed E-state index contributed by atoms with van der Waals surface area (Å²) in [6.45, 7) is 2.45. The van der Waals surface area contributed by atoms with Gasteiger partial charge in [0.25, 0.3) is 5.91 Å². The van der Waals surface area contributed by atoms with Crippen molar-refractivity contribution in [3.63, 3.8) is 0 Å². The second-order valence-corrected chi connectivity index (χ2v) is 4.80. The Bertz CT molecular complexity index is 815. The van der Waals surface area contributed by atoms with Crippen LogP contribution in [0.2, 0.25) is 0 Å². The first-order chi connectivity index (χ1) is 10.8. The number of carbonyl (C=O) groups is 1. The molecule has 0 aliphatic heterocycles. The summed E-state index contributed by atoms with van der Waals surface area (Å²) in [6.07, 6.45) is 1.71. The van der Waals surface area contributed by atoms with Crippen molar-refractivity contribution in [1.29, 1.82) is 0 Å². The Balaban J connectivity index is 1.87. The van der Waals surface area contributed by atoms with Gasteiger partial charge in [-0.15, -0.1) is 0 Å². The predicted octanol–water partition coefficient (Wildman–Crippen LogP) is 3.89. The molecule has 2 aromatic carbocycles. The molecule has 0 atom stereocenters. The molecular weight excluding hydrogens is 276 g/mol. The lowest BCUT2D eigenvalue weighted by atomic mass is 10.1. The number of nitrogens with one attached hydrogen (secondary N) is 1. The molecule has 1 amide bonds. The van der Waals surface area contributed by atoms with Crippen LogP contribution >= 0.6 is 0 Å². The van der Waals surface area contributed by atoms with Crippen molar-refractivity contribution in [1.82, 2.24) is 4.98 Å². The van der Waals surface area contributed by atoms with Gasteiger partial charge in [0.15, 0.2) is 0 Å². The summed E-state index contributed by atoms with van der Waals surface area (Å²) in [5.41, 5.74) is 1.02. The van der Waals surface area contributed by atoms with Crippen molar-refractivity contribution in [2.45, 2.75) is 6.92 Å². The minimum Gasteiger partial charge on any atom is -0.492 e. The Morgan fingerprint density at radius 1 is 1.09 bits per heavy atom. The van der Waals surface area contributed by atoms with E-state index in [9.17, 15) is 4.79 Å². The number of amides is 1. The number of benzene rings is 2. The fourth-order valence-electron chi connectivity index (χ4n) is 2.25. The number of ether oxygens (including phenoxy) is 1. The molecule has 0 unspecified atom stereocenters. The van der Waals surface area contributed by atoms with Crippen LogP contribution in [-0.2, 0) is 0 Å². The van der Waals surface area contributed by atoms with Gasteiger partial charge in [0.1, 0.15) is 11.4 Å². The van der Waals surface area contributed by atoms with Gasteiger partial charge >= 0.3 is 0 Å². The third-order valence-corrected chi connectivity index (χ3v) is 3.30. The van der Waals surface area contributed by atoms with Gasteiger partial charge in [-0.05, 0) is 30.5 Å². The van der Waals surface area contributed by atoms with E-state index in [2.05, 4.69) is 10.3 Å². The number of pyridine rings is 1. The van der Waals surface area contributed by atoms with Crippen LogP contribution in [0, 0.1) is 0 Å². The second kappa shape index (κ2) is 6.26. The fourth-order valence-corrected chi connectivity index (χ4v) is 2.25. The average molecular weight is 292 g/mol. The van der Waals surface area contributed by atoms with E-state index < -0.39 is 0 Å². The summed E-state index contributed by atoms with van der Waals surface area (Å²) in [5.74, 6) is 0.400. The second-order valence-electron chi connectivity index (χ2n) is 4.80. The summed E-state index contributed by atoms with van der Waals surface area (Å²) in [6, 6.07) is 17.0. The monoisotopic (exact) mass is 292 g/mol. The minimum atomic E-state index is -0.252. The molecule has 0 saturated heterocycles. The molecule has 0 radical (unpaired) electrons. The van der Waals surface area contributed by atoms with E-state index in [1.165, 1.54) is 0 Å². The first kappa shape index (κ1) is 14.1. The number of anilines is 1. The highest BCUT2D eigenvalue weighted by atomic mass is 16.5. The van der Waals surface area contributed by atoms with Crippen molar-refractivity contribution in [3.8, 4) is 5.75 Å². The molecule has 0 aliphatic rings. The molecule has 0 saturated carbocycles. The Morgan fingerprint density at radius 2 is 1.82 bits per heavy atom. The Morgan fingerprint density at radius 3 is 2.64 bits per heavy atom. The largest absolute Gasteiger partial charge is 0.492 e. The highest BCUT2D eigenvalue weighted by molar-refractivity contribution is 6.05. The lowest BCUT2D eigenvalue weighted by Gasteiger charge is -2.11. The number of fused-ring (bicyclic) bond motifs is 1. The molecule has 22 heavy (non-hydrogen) atoms. The van der Waals surface area contributed by atoms with Gasteiger partial charge in [-0.25, -0.2) is 0 Å². The van der Waals surface area contributed by atoms with E-state index in [-0.39, 0.29) is 5.91 Å². The summed E-state index contributed by atoms with van der Waals surface area (Å²) in [5, 5.41) is 4.84. The van der Waals surface area contributed by atoms with Gasteiger partial charge in [-0.2, -0.15) is 0 Å². The maximum Gasteiger partial charge on any atom is 0.274 e. The van der Waals surface area contributed by atoms with Gasteiger partial charge in [-0.3, -0.25) is 9.78 Å². The van der Waals surface area contributed by atoms with E-state index in [0.717, 1.165) is 10.8 Å². The van der Waals surface area contributed by atoms with Gasteiger partial charge in [0.05, 0.1) is 12.3 Å². The SMILES string of the molecule is CCOc1ccccc1NC(=O)c1cc2ccccc2cn1. The van der Waals surface area contributed by atoms with Gasteiger partial charge < -0.3 is 10.1 Å². The first-order valence-electron chi connectivity index (χ1n) is 7.16. The van der Waals surface area contributed by atoms with E-state index in [0.29, 0.717) is 23.7 Å². The average Bonchev–Trinajstić information content (AvgIpc) is 2.56. The van der Waals surface area contributed by atoms with E-state index in [1.54, 1.807) is 12.3 Å². The Hall–Kier alpha value is -2.88. The number of hydrogen-bond donors (Lipinski definition) is 1. The fraction of sp³-hybridized carbons (Fsp3) is 0.111. The molecule has 1 N–H and O–H groups in total. The molecule has 0 fully saturated rings. The number of nitrogens with zero attached hydrogens (tertiary/aromatic N) is 1. The summed E-state index contributed by atoms with van der Waals surface area (Å²) in [7, 11) is 0. The molecule has 4 nitrogen and oxygen atoms in total. The summed E-state index contributed by atoms with van der Waals surface area (Å²) >= 11 is 0. The lowest BCUT2D eigenvalue weighted by molar-refractivity contribution is 0.102. The third kappa shape index (κ3) is 2.91. The highest BCUT2D eigenvalue weighted by Crippen LogP contribution is 2.24. The van der Waals surface area contributed by atoms with Crippen LogP contribution in [0.4, 0.5) is 5.69 Å². The molecule has 0 bridgehead atoms. The van der Waals surface area contributed by atoms with Crippen molar-refractivity contribution in [2.75, 3.05) is 11.9 Å². The zero-order valence-corrected chi connectivity index (χ0v) is 12.2. The Labute approximate surface area is 128 Å². The van der Waals surface area contributed by atoms with Crippen LogP contribution in [0.5, 0.6) is 5.75 Å². The molecule has 0 spiro atoms.